The number of carbonyl (C=O) groups excluding carboxylic acids is 4. The van der Waals surface area contributed by atoms with E-state index in [2.05, 4.69) is 0 Å². The van der Waals surface area contributed by atoms with Crippen molar-refractivity contribution in [3.63, 3.8) is 0 Å². The molecule has 10 nitrogen and oxygen atoms in total. The highest BCUT2D eigenvalue weighted by Crippen LogP contribution is 2.35. The number of amides is 2. The van der Waals surface area contributed by atoms with E-state index in [0.717, 1.165) is 10.5 Å². The summed E-state index contributed by atoms with van der Waals surface area (Å²) in [6.07, 6.45) is -5.06. The first kappa shape index (κ1) is 21.7. The van der Waals surface area contributed by atoms with Gasteiger partial charge in [0.25, 0.3) is 0 Å². The van der Waals surface area contributed by atoms with Gasteiger partial charge in [-0.05, 0) is 5.56 Å². The third-order valence-electron chi connectivity index (χ3n) is 4.70. The molecule has 2 saturated heterocycles. The molecule has 162 valence electrons. The van der Waals surface area contributed by atoms with Crippen molar-refractivity contribution in [1.29, 1.82) is 0 Å². The van der Waals surface area contributed by atoms with Gasteiger partial charge in [0.05, 0.1) is 6.61 Å². The first-order valence-electron chi connectivity index (χ1n) is 9.40. The van der Waals surface area contributed by atoms with Gasteiger partial charge in [0.1, 0.15) is 18.8 Å². The average Bonchev–Trinajstić information content (AvgIpc) is 3.04. The smallest absolute Gasteiger partial charge is 0.417 e. The topological polar surface area (TPSA) is 118 Å². The van der Waals surface area contributed by atoms with Crippen LogP contribution in [0.5, 0.6) is 0 Å². The number of esters is 2. The molecule has 2 heterocycles. The summed E-state index contributed by atoms with van der Waals surface area (Å²) < 4.78 is 27.5. The lowest BCUT2D eigenvalue weighted by Crippen LogP contribution is -2.62. The van der Waals surface area contributed by atoms with Gasteiger partial charge < -0.3 is 23.7 Å². The van der Waals surface area contributed by atoms with E-state index >= 15 is 0 Å². The number of imide groups is 1. The van der Waals surface area contributed by atoms with E-state index in [0.29, 0.717) is 0 Å². The first-order valence-corrected chi connectivity index (χ1v) is 9.40. The minimum atomic E-state index is -1.09. The third-order valence-corrected chi connectivity index (χ3v) is 4.70. The minimum Gasteiger partial charge on any atom is -0.463 e. The van der Waals surface area contributed by atoms with Crippen molar-refractivity contribution in [3.8, 4) is 0 Å². The van der Waals surface area contributed by atoms with Crippen molar-refractivity contribution in [1.82, 2.24) is 4.90 Å². The lowest BCUT2D eigenvalue weighted by atomic mass is 9.96. The summed E-state index contributed by atoms with van der Waals surface area (Å²) in [7, 11) is 0. The summed E-state index contributed by atoms with van der Waals surface area (Å²) in [4.78, 5) is 48.2. The maximum Gasteiger partial charge on any atom is 0.417 e. The first-order chi connectivity index (χ1) is 14.3. The van der Waals surface area contributed by atoms with Crippen LogP contribution >= 0.6 is 0 Å². The minimum absolute atomic E-state index is 0.132. The summed E-state index contributed by atoms with van der Waals surface area (Å²) in [5.41, 5.74) is 0.843. The molecule has 3 rings (SSSR count). The molecule has 2 amide bonds. The fourth-order valence-corrected chi connectivity index (χ4v) is 3.49. The van der Waals surface area contributed by atoms with Gasteiger partial charge in [0.2, 0.25) is 5.91 Å². The Morgan fingerprint density at radius 1 is 1.07 bits per heavy atom. The van der Waals surface area contributed by atoms with Gasteiger partial charge in [-0.25, -0.2) is 9.69 Å². The number of fused-ring (bicyclic) bond motifs is 1. The van der Waals surface area contributed by atoms with E-state index in [-0.39, 0.29) is 13.2 Å². The molecule has 2 aliphatic rings. The number of hydrogen-bond acceptors (Lipinski definition) is 9. The number of carbonyl (C=O) groups is 4. The second kappa shape index (κ2) is 9.23. The van der Waals surface area contributed by atoms with Crippen LogP contribution in [0.2, 0.25) is 0 Å². The molecule has 2 fully saturated rings. The fraction of sp³-hybridized carbons (Fsp3) is 0.500. The number of ether oxygens (including phenoxy) is 5. The fourth-order valence-electron chi connectivity index (χ4n) is 3.49. The van der Waals surface area contributed by atoms with Crippen LogP contribution in [0.1, 0.15) is 26.3 Å². The maximum atomic E-state index is 12.4. The molecule has 30 heavy (non-hydrogen) atoms. The molecule has 0 bridgehead atoms. The van der Waals surface area contributed by atoms with Gasteiger partial charge >= 0.3 is 18.0 Å². The molecule has 0 radical (unpaired) electrons. The average molecular weight is 421 g/mol. The molecule has 0 unspecified atom stereocenters. The van der Waals surface area contributed by atoms with Gasteiger partial charge in [-0.2, -0.15) is 0 Å². The molecule has 0 aliphatic carbocycles. The van der Waals surface area contributed by atoms with E-state index < -0.39 is 54.6 Å². The predicted octanol–water partition coefficient (Wildman–Crippen LogP) is 1.16. The van der Waals surface area contributed by atoms with Gasteiger partial charge in [0, 0.05) is 20.8 Å². The van der Waals surface area contributed by atoms with Gasteiger partial charge in [-0.1, -0.05) is 30.3 Å². The quantitative estimate of drug-likeness (QED) is 0.492. The number of hydrogen-bond donors (Lipinski definition) is 0. The lowest BCUT2D eigenvalue weighted by molar-refractivity contribution is -0.274. The Morgan fingerprint density at radius 2 is 1.77 bits per heavy atom. The summed E-state index contributed by atoms with van der Waals surface area (Å²) >= 11 is 0. The second-order valence-electron chi connectivity index (χ2n) is 6.94. The highest BCUT2D eigenvalue weighted by molar-refractivity contribution is 5.92. The Balaban J connectivity index is 1.88. The van der Waals surface area contributed by atoms with Crippen LogP contribution in [-0.4, -0.2) is 66.1 Å². The summed E-state index contributed by atoms with van der Waals surface area (Å²) in [6, 6.07) is 8.25. The molecule has 10 heteroatoms. The van der Waals surface area contributed by atoms with Crippen molar-refractivity contribution in [2.24, 2.45) is 0 Å². The SMILES string of the molecule is CC(=O)OC[C@H]1O[C@@H](OCc2ccccc2)[C@H]2[C@@H](OC(=O)N2C(C)=O)[C@@H]1OC(C)=O. The van der Waals surface area contributed by atoms with Crippen LogP contribution in [0.3, 0.4) is 0 Å². The second-order valence-corrected chi connectivity index (χ2v) is 6.94. The van der Waals surface area contributed by atoms with Crippen molar-refractivity contribution >= 4 is 23.9 Å². The highest BCUT2D eigenvalue weighted by Gasteiger charge is 2.59. The molecule has 2 aliphatic heterocycles. The molecular formula is C20H23NO9. The molecule has 0 aromatic heterocycles. The third kappa shape index (κ3) is 4.77. The van der Waals surface area contributed by atoms with Crippen molar-refractivity contribution in [2.45, 2.75) is 58.0 Å². The highest BCUT2D eigenvalue weighted by atomic mass is 16.7. The van der Waals surface area contributed by atoms with Gasteiger partial charge in [-0.15, -0.1) is 0 Å². The van der Waals surface area contributed by atoms with E-state index in [1.807, 2.05) is 30.3 Å². The Labute approximate surface area is 173 Å². The zero-order chi connectivity index (χ0) is 21.8. The van der Waals surface area contributed by atoms with Crippen molar-refractivity contribution < 1.29 is 42.9 Å². The Bertz CT molecular complexity index is 812. The summed E-state index contributed by atoms with van der Waals surface area (Å²) in [5, 5.41) is 0. The monoisotopic (exact) mass is 421 g/mol. The Hall–Kier alpha value is -2.98. The molecule has 0 N–H and O–H groups in total. The van der Waals surface area contributed by atoms with Crippen LogP contribution in [0.15, 0.2) is 30.3 Å². The van der Waals surface area contributed by atoms with Crippen LogP contribution in [0, 0.1) is 0 Å². The molecule has 0 spiro atoms. The largest absolute Gasteiger partial charge is 0.463 e. The van der Waals surface area contributed by atoms with Crippen molar-refractivity contribution in [3.05, 3.63) is 35.9 Å². The predicted molar refractivity (Wildman–Crippen MR) is 98.7 cm³/mol. The molecule has 1 aromatic rings. The lowest BCUT2D eigenvalue weighted by Gasteiger charge is -2.42. The zero-order valence-corrected chi connectivity index (χ0v) is 16.8. The molecule has 5 atom stereocenters. The van der Waals surface area contributed by atoms with E-state index in [1.165, 1.54) is 20.8 Å². The van der Waals surface area contributed by atoms with Crippen LogP contribution < -0.4 is 0 Å². The summed E-state index contributed by atoms with van der Waals surface area (Å²) in [6.45, 7) is 3.51. The molecule has 0 saturated carbocycles. The molecular weight excluding hydrogens is 398 g/mol. The zero-order valence-electron chi connectivity index (χ0n) is 16.8. The molecule has 1 aromatic carbocycles. The van der Waals surface area contributed by atoms with Gasteiger partial charge in [0.15, 0.2) is 18.5 Å². The van der Waals surface area contributed by atoms with Crippen molar-refractivity contribution in [2.75, 3.05) is 6.61 Å². The van der Waals surface area contributed by atoms with Crippen LogP contribution in [0.25, 0.3) is 0 Å². The number of benzene rings is 1. The van der Waals surface area contributed by atoms with Crippen LogP contribution in [-0.2, 0) is 44.7 Å². The standard InChI is InChI=1S/C20H23NO9/c1-11(22)21-16-18(30-20(21)25)17(28-13(3)24)15(10-26-12(2)23)29-19(16)27-9-14-7-5-4-6-8-14/h4-8,15-19H,9-10H2,1-3H3/t15-,16-,17-,18-,19-/m1/s1. The Kier molecular flexibility index (Phi) is 6.68. The van der Waals surface area contributed by atoms with Gasteiger partial charge in [-0.3, -0.25) is 14.4 Å². The van der Waals surface area contributed by atoms with Crippen LogP contribution in [0.4, 0.5) is 4.79 Å². The normalized spacial score (nSPS) is 27.8. The number of nitrogens with zero attached hydrogens (tertiary/aromatic N) is 1. The Morgan fingerprint density at radius 3 is 2.37 bits per heavy atom. The van der Waals surface area contributed by atoms with E-state index in [4.69, 9.17) is 23.7 Å². The maximum absolute atomic E-state index is 12.4. The van der Waals surface area contributed by atoms with E-state index in [1.54, 1.807) is 0 Å². The summed E-state index contributed by atoms with van der Waals surface area (Å²) in [5.74, 6) is -1.77. The van der Waals surface area contributed by atoms with E-state index in [9.17, 15) is 19.2 Å². The number of rotatable bonds is 6.